The molecule has 4 nitrogen and oxygen atoms in total. The molecular weight excluding hydrogens is 467 g/mol. The van der Waals surface area contributed by atoms with E-state index in [2.05, 4.69) is 10.6 Å². The molecule has 9 heteroatoms. The highest BCUT2D eigenvalue weighted by Crippen LogP contribution is 2.32. The number of hydrogen-bond acceptors (Lipinski definition) is 2. The molecule has 26 heavy (non-hydrogen) atoms. The van der Waals surface area contributed by atoms with E-state index in [9.17, 15) is 27.2 Å². The zero-order chi connectivity index (χ0) is 19.3. The maximum absolute atomic E-state index is 13.0. The van der Waals surface area contributed by atoms with Crippen LogP contribution in [0.2, 0.25) is 0 Å². The van der Waals surface area contributed by atoms with Crippen molar-refractivity contribution in [2.24, 2.45) is 0 Å². The summed E-state index contributed by atoms with van der Waals surface area (Å²) in [6.07, 6.45) is -4.74. The summed E-state index contributed by atoms with van der Waals surface area (Å²) in [6.45, 7) is -0.834. The summed E-state index contributed by atoms with van der Waals surface area (Å²) >= 11 is 1.97. The van der Waals surface area contributed by atoms with Crippen molar-refractivity contribution in [3.05, 3.63) is 68.5 Å². The molecule has 0 aliphatic carbocycles. The lowest BCUT2D eigenvalue weighted by Gasteiger charge is -2.14. The fourth-order valence-corrected chi connectivity index (χ4v) is 2.76. The minimum atomic E-state index is -4.74. The first kappa shape index (κ1) is 20.1. The summed E-state index contributed by atoms with van der Waals surface area (Å²) in [5, 5.41) is 4.67. The molecule has 0 fully saturated rings. The van der Waals surface area contributed by atoms with Crippen LogP contribution in [0.1, 0.15) is 21.5 Å². The second-order valence-corrected chi connectivity index (χ2v) is 6.40. The number of benzene rings is 2. The Morgan fingerprint density at radius 1 is 1.04 bits per heavy atom. The van der Waals surface area contributed by atoms with Crippen LogP contribution < -0.4 is 10.6 Å². The smallest absolute Gasteiger partial charge is 0.350 e. The predicted molar refractivity (Wildman–Crippen MR) is 94.7 cm³/mol. The van der Waals surface area contributed by atoms with Crippen molar-refractivity contribution >= 4 is 34.4 Å². The first-order valence-corrected chi connectivity index (χ1v) is 8.41. The molecule has 2 aromatic rings. The molecule has 2 N–H and O–H groups in total. The third-order valence-corrected chi connectivity index (χ3v) is 4.32. The lowest BCUT2D eigenvalue weighted by atomic mass is 10.1. The molecule has 2 aromatic carbocycles. The maximum atomic E-state index is 13.0. The molecule has 138 valence electrons. The molecular formula is C17H13F4IN2O2. The summed E-state index contributed by atoms with van der Waals surface area (Å²) in [5.74, 6) is -2.15. The molecule has 0 atom stereocenters. The normalized spacial score (nSPS) is 11.1. The van der Waals surface area contributed by atoms with Crippen LogP contribution in [0, 0.1) is 9.39 Å². The molecule has 0 saturated heterocycles. The largest absolute Gasteiger partial charge is 0.416 e. The summed E-state index contributed by atoms with van der Waals surface area (Å²) in [4.78, 5) is 23.8. The number of carbonyl (C=O) groups is 2. The highest BCUT2D eigenvalue weighted by atomic mass is 127. The van der Waals surface area contributed by atoms with Gasteiger partial charge < -0.3 is 10.6 Å². The van der Waals surface area contributed by atoms with Gasteiger partial charge in [-0.3, -0.25) is 9.59 Å². The van der Waals surface area contributed by atoms with E-state index in [-0.39, 0.29) is 5.56 Å². The number of carbonyl (C=O) groups excluding carboxylic acids is 2. The molecule has 2 rings (SSSR count). The third-order valence-electron chi connectivity index (χ3n) is 3.38. The number of hydrogen-bond donors (Lipinski definition) is 2. The highest BCUT2D eigenvalue weighted by molar-refractivity contribution is 14.1. The van der Waals surface area contributed by atoms with E-state index in [4.69, 9.17) is 0 Å². The Morgan fingerprint density at radius 2 is 1.73 bits per heavy atom. The van der Waals surface area contributed by atoms with E-state index in [1.54, 1.807) is 24.3 Å². The summed E-state index contributed by atoms with van der Waals surface area (Å²) in [6, 6.07) is 8.96. The quantitative estimate of drug-likeness (QED) is 0.509. The Labute approximate surface area is 160 Å². The molecule has 0 aliphatic rings. The van der Waals surface area contributed by atoms with Crippen molar-refractivity contribution in [1.82, 2.24) is 10.6 Å². The number of alkyl halides is 3. The number of halogens is 5. The second kappa shape index (κ2) is 8.47. The standard InChI is InChI=1S/C17H13F4IN2O2/c18-11-6-5-10(13(7-11)17(19,20)21)8-23-15(25)9-24-16(26)12-3-1-2-4-14(12)22/h1-7H,8-9H2,(H,23,25)(H,24,26). The van der Waals surface area contributed by atoms with Crippen LogP contribution in [0.15, 0.2) is 42.5 Å². The number of nitrogens with one attached hydrogen (secondary N) is 2. The van der Waals surface area contributed by atoms with Gasteiger partial charge in [-0.15, -0.1) is 0 Å². The van der Waals surface area contributed by atoms with Crippen LogP contribution in [0.25, 0.3) is 0 Å². The van der Waals surface area contributed by atoms with Crippen molar-refractivity contribution in [2.75, 3.05) is 6.54 Å². The van der Waals surface area contributed by atoms with Gasteiger partial charge in [-0.2, -0.15) is 13.2 Å². The molecule has 2 amide bonds. The Hall–Kier alpha value is -2.17. The molecule has 0 unspecified atom stereocenters. The van der Waals surface area contributed by atoms with Gasteiger partial charge in [-0.05, 0) is 52.4 Å². The van der Waals surface area contributed by atoms with Gasteiger partial charge in [0.2, 0.25) is 5.91 Å². The van der Waals surface area contributed by atoms with Gasteiger partial charge in [0.15, 0.2) is 0 Å². The van der Waals surface area contributed by atoms with E-state index in [1.807, 2.05) is 22.6 Å². The zero-order valence-corrected chi connectivity index (χ0v) is 15.3. The molecule has 0 aliphatic heterocycles. The zero-order valence-electron chi connectivity index (χ0n) is 13.2. The van der Waals surface area contributed by atoms with Gasteiger partial charge in [0, 0.05) is 10.1 Å². The van der Waals surface area contributed by atoms with Crippen LogP contribution in [0.3, 0.4) is 0 Å². The lowest BCUT2D eigenvalue weighted by molar-refractivity contribution is -0.138. The maximum Gasteiger partial charge on any atom is 0.416 e. The molecule has 0 aromatic heterocycles. The average molecular weight is 480 g/mol. The number of rotatable bonds is 5. The highest BCUT2D eigenvalue weighted by Gasteiger charge is 2.33. The topological polar surface area (TPSA) is 58.2 Å². The second-order valence-electron chi connectivity index (χ2n) is 5.24. The van der Waals surface area contributed by atoms with Gasteiger partial charge in [0.1, 0.15) is 5.82 Å². The van der Waals surface area contributed by atoms with E-state index < -0.39 is 42.5 Å². The monoisotopic (exact) mass is 480 g/mol. The van der Waals surface area contributed by atoms with Crippen molar-refractivity contribution in [2.45, 2.75) is 12.7 Å². The number of amides is 2. The van der Waals surface area contributed by atoms with Gasteiger partial charge in [0.25, 0.3) is 5.91 Å². The van der Waals surface area contributed by atoms with Crippen LogP contribution >= 0.6 is 22.6 Å². The predicted octanol–water partition coefficient (Wildman–Crippen LogP) is 3.50. The van der Waals surface area contributed by atoms with E-state index >= 15 is 0 Å². The molecule has 0 bridgehead atoms. The van der Waals surface area contributed by atoms with Crippen molar-refractivity contribution in [1.29, 1.82) is 0 Å². The van der Waals surface area contributed by atoms with Crippen LogP contribution in [0.4, 0.5) is 17.6 Å². The minimum Gasteiger partial charge on any atom is -0.350 e. The van der Waals surface area contributed by atoms with Gasteiger partial charge >= 0.3 is 6.18 Å². The molecule has 0 radical (unpaired) electrons. The first-order valence-electron chi connectivity index (χ1n) is 7.33. The Bertz CT molecular complexity index is 825. The van der Waals surface area contributed by atoms with Crippen LogP contribution in [-0.2, 0) is 17.5 Å². The van der Waals surface area contributed by atoms with Gasteiger partial charge in [-0.25, -0.2) is 4.39 Å². The minimum absolute atomic E-state index is 0.267. The summed E-state index contributed by atoms with van der Waals surface area (Å²) in [7, 11) is 0. The molecule has 0 saturated carbocycles. The van der Waals surface area contributed by atoms with Crippen LogP contribution in [0.5, 0.6) is 0 Å². The Kier molecular flexibility index (Phi) is 6.57. The summed E-state index contributed by atoms with van der Waals surface area (Å²) in [5.41, 5.74) is -1.03. The Morgan fingerprint density at radius 3 is 2.38 bits per heavy atom. The van der Waals surface area contributed by atoms with Crippen molar-refractivity contribution in [3.8, 4) is 0 Å². The molecule has 0 heterocycles. The molecule has 0 spiro atoms. The van der Waals surface area contributed by atoms with E-state index in [0.29, 0.717) is 15.2 Å². The van der Waals surface area contributed by atoms with E-state index in [0.717, 1.165) is 12.1 Å². The van der Waals surface area contributed by atoms with Gasteiger partial charge in [-0.1, -0.05) is 18.2 Å². The van der Waals surface area contributed by atoms with Gasteiger partial charge in [0.05, 0.1) is 17.7 Å². The fourth-order valence-electron chi connectivity index (χ4n) is 2.12. The SMILES string of the molecule is O=C(CNC(=O)c1ccccc1I)NCc1ccc(F)cc1C(F)(F)F. The summed E-state index contributed by atoms with van der Waals surface area (Å²) < 4.78 is 52.4. The van der Waals surface area contributed by atoms with Crippen molar-refractivity contribution in [3.63, 3.8) is 0 Å². The first-order chi connectivity index (χ1) is 12.2. The van der Waals surface area contributed by atoms with E-state index in [1.165, 1.54) is 0 Å². The Balaban J connectivity index is 1.94. The lowest BCUT2D eigenvalue weighted by Crippen LogP contribution is -2.37. The average Bonchev–Trinajstić information content (AvgIpc) is 2.58. The fraction of sp³-hybridized carbons (Fsp3) is 0.176. The third kappa shape index (κ3) is 5.41. The van der Waals surface area contributed by atoms with Crippen LogP contribution in [-0.4, -0.2) is 18.4 Å². The van der Waals surface area contributed by atoms with Crippen molar-refractivity contribution < 1.29 is 27.2 Å².